The lowest BCUT2D eigenvalue weighted by molar-refractivity contribution is -0.139. The van der Waals surface area contributed by atoms with Crippen molar-refractivity contribution in [3.05, 3.63) is 24.6 Å². The maximum Gasteiger partial charge on any atom is 0.310 e. The molecule has 84 valence electrons. The third-order valence-electron chi connectivity index (χ3n) is 2.18. The van der Waals surface area contributed by atoms with Crippen molar-refractivity contribution < 1.29 is 18.7 Å². The van der Waals surface area contributed by atoms with Crippen molar-refractivity contribution >= 4 is 29.2 Å². The number of rotatable bonds is 4. The Morgan fingerprint density at radius 3 is 2.47 bits per heavy atom. The quantitative estimate of drug-likeness (QED) is 0.621. The number of hydrogen-bond acceptors (Lipinski definition) is 1. The summed E-state index contributed by atoms with van der Waals surface area (Å²) in [5, 5.41) is 8.63. The lowest BCUT2D eigenvalue weighted by Crippen LogP contribution is -2.06. The highest BCUT2D eigenvalue weighted by molar-refractivity contribution is 6.52. The fourth-order valence-electron chi connectivity index (χ4n) is 1.38. The zero-order valence-electron chi connectivity index (χ0n) is 7.46. The molecule has 1 aliphatic carbocycles. The molecule has 1 fully saturated rings. The van der Waals surface area contributed by atoms with Crippen LogP contribution in [0.25, 0.3) is 0 Å². The van der Waals surface area contributed by atoms with E-state index >= 15 is 0 Å². The number of halogens is 4. The van der Waals surface area contributed by atoms with Crippen molar-refractivity contribution in [1.82, 2.24) is 0 Å². The van der Waals surface area contributed by atoms with Gasteiger partial charge in [0.25, 0.3) is 0 Å². The first-order chi connectivity index (χ1) is 6.78. The zero-order chi connectivity index (χ0) is 11.8. The molecule has 0 aromatic heterocycles. The maximum absolute atomic E-state index is 13.3. The van der Waals surface area contributed by atoms with E-state index in [4.69, 9.17) is 28.3 Å². The Bertz CT molecular complexity index is 328. The Morgan fingerprint density at radius 1 is 1.60 bits per heavy atom. The third kappa shape index (κ3) is 2.49. The van der Waals surface area contributed by atoms with Gasteiger partial charge in [0.05, 0.1) is 5.92 Å². The van der Waals surface area contributed by atoms with E-state index in [1.165, 1.54) is 0 Å². The maximum atomic E-state index is 13.3. The van der Waals surface area contributed by atoms with Gasteiger partial charge in [-0.3, -0.25) is 4.79 Å². The molecule has 1 rings (SSSR count). The van der Waals surface area contributed by atoms with E-state index in [1.54, 1.807) is 0 Å². The Balaban J connectivity index is 2.67. The molecule has 6 heteroatoms. The molecule has 2 nitrogen and oxygen atoms in total. The van der Waals surface area contributed by atoms with Crippen LogP contribution in [0.15, 0.2) is 24.6 Å². The van der Waals surface area contributed by atoms with Gasteiger partial charge in [-0.25, -0.2) is 8.78 Å². The Hall–Kier alpha value is -0.610. The number of carboxylic acid groups (broad SMARTS) is 1. The summed E-state index contributed by atoms with van der Waals surface area (Å²) in [7, 11) is 0. The predicted octanol–water partition coefficient (Wildman–Crippen LogP) is 2.87. The van der Waals surface area contributed by atoms with Crippen LogP contribution in [0.3, 0.4) is 0 Å². The molecule has 0 aromatic rings. The number of aliphatic carboxylic acids is 1. The van der Waals surface area contributed by atoms with Gasteiger partial charge >= 0.3 is 5.97 Å². The summed E-state index contributed by atoms with van der Waals surface area (Å²) in [5.74, 6) is -4.29. The molecule has 0 aromatic carbocycles. The molecule has 0 radical (unpaired) electrons. The second-order valence-electron chi connectivity index (χ2n) is 3.27. The van der Waals surface area contributed by atoms with Crippen LogP contribution >= 0.6 is 23.2 Å². The normalized spacial score (nSPS) is 30.1. The van der Waals surface area contributed by atoms with Crippen molar-refractivity contribution in [2.45, 2.75) is 10.5 Å². The van der Waals surface area contributed by atoms with Crippen LogP contribution in [0.1, 0.15) is 0 Å². The van der Waals surface area contributed by atoms with E-state index in [0.717, 1.165) is 12.2 Å². The molecule has 15 heavy (non-hydrogen) atoms. The lowest BCUT2D eigenvalue weighted by atomic mass is 10.2. The van der Waals surface area contributed by atoms with E-state index in [-0.39, 0.29) is 0 Å². The minimum atomic E-state index is -1.70. The highest BCUT2D eigenvalue weighted by Crippen LogP contribution is 2.61. The van der Waals surface area contributed by atoms with Gasteiger partial charge < -0.3 is 5.11 Å². The molecule has 1 N–H and O–H groups in total. The van der Waals surface area contributed by atoms with E-state index in [9.17, 15) is 13.6 Å². The molecule has 3 atom stereocenters. The van der Waals surface area contributed by atoms with E-state index in [0.29, 0.717) is 0 Å². The van der Waals surface area contributed by atoms with Gasteiger partial charge in [-0.1, -0.05) is 6.58 Å². The first kappa shape index (κ1) is 12.5. The molecule has 1 aliphatic rings. The number of hydrogen-bond donors (Lipinski definition) is 1. The van der Waals surface area contributed by atoms with Gasteiger partial charge in [0.1, 0.15) is 16.3 Å². The van der Waals surface area contributed by atoms with Crippen LogP contribution in [0, 0.1) is 11.8 Å². The first-order valence-corrected chi connectivity index (χ1v) is 4.81. The van der Waals surface area contributed by atoms with Crippen LogP contribution in [-0.2, 0) is 4.79 Å². The van der Waals surface area contributed by atoms with E-state index in [1.807, 2.05) is 0 Å². The van der Waals surface area contributed by atoms with Crippen molar-refractivity contribution in [3.63, 3.8) is 0 Å². The van der Waals surface area contributed by atoms with Crippen molar-refractivity contribution in [2.75, 3.05) is 0 Å². The van der Waals surface area contributed by atoms with Crippen LogP contribution in [0.5, 0.6) is 0 Å². The number of carboxylic acids is 1. The fraction of sp³-hybridized carbons (Fsp3) is 0.444. The minimum absolute atomic E-state index is 0.811. The first-order valence-electron chi connectivity index (χ1n) is 4.05. The van der Waals surface area contributed by atoms with Gasteiger partial charge in [-0.05, 0) is 12.2 Å². The summed E-state index contributed by atoms with van der Waals surface area (Å²) in [5.41, 5.74) is 0. The molecule has 0 spiro atoms. The van der Waals surface area contributed by atoms with Crippen LogP contribution in [-0.4, -0.2) is 21.6 Å². The van der Waals surface area contributed by atoms with Gasteiger partial charge in [0.2, 0.25) is 0 Å². The minimum Gasteiger partial charge on any atom is -0.481 e. The summed E-state index contributed by atoms with van der Waals surface area (Å²) < 4.78 is 23.9. The van der Waals surface area contributed by atoms with Crippen LogP contribution < -0.4 is 0 Å². The standard InChI is InChI=1S/C9H8Cl2F2O2/c1-4(12)2-3-5(13)6-7(8(14)15)9(6,10)11/h2-3,5-7H,1H2,(H,14,15)/b3-2-. The fourth-order valence-corrected chi connectivity index (χ4v) is 2.21. The predicted molar refractivity (Wildman–Crippen MR) is 53.3 cm³/mol. The number of alkyl halides is 3. The number of carbonyl (C=O) groups is 1. The highest BCUT2D eigenvalue weighted by Gasteiger charge is 2.70. The summed E-state index contributed by atoms with van der Waals surface area (Å²) in [6, 6.07) is 0. The second-order valence-corrected chi connectivity index (χ2v) is 4.71. The van der Waals surface area contributed by atoms with Crippen LogP contribution in [0.4, 0.5) is 8.78 Å². The third-order valence-corrected chi connectivity index (χ3v) is 3.15. The SMILES string of the molecule is C=C(F)/C=C\C(F)C1C(C(=O)O)C1(Cl)Cl. The Labute approximate surface area is 95.2 Å². The summed E-state index contributed by atoms with van der Waals surface area (Å²) >= 11 is 11.1. The molecule has 0 aliphatic heterocycles. The lowest BCUT2D eigenvalue weighted by Gasteiger charge is -2.00. The zero-order valence-corrected chi connectivity index (χ0v) is 8.97. The number of allylic oxidation sites excluding steroid dienone is 3. The summed E-state index contributed by atoms with van der Waals surface area (Å²) in [4.78, 5) is 10.6. The highest BCUT2D eigenvalue weighted by atomic mass is 35.5. The molecule has 3 unspecified atom stereocenters. The Morgan fingerprint density at radius 2 is 2.13 bits per heavy atom. The smallest absolute Gasteiger partial charge is 0.310 e. The molecule has 0 bridgehead atoms. The van der Waals surface area contributed by atoms with Crippen molar-refractivity contribution in [1.29, 1.82) is 0 Å². The van der Waals surface area contributed by atoms with E-state index < -0.39 is 34.1 Å². The molecule has 0 heterocycles. The average molecular weight is 257 g/mol. The monoisotopic (exact) mass is 256 g/mol. The van der Waals surface area contributed by atoms with Crippen LogP contribution in [0.2, 0.25) is 0 Å². The second kappa shape index (κ2) is 4.10. The Kier molecular flexibility index (Phi) is 3.41. The summed E-state index contributed by atoms with van der Waals surface area (Å²) in [6.45, 7) is 2.89. The van der Waals surface area contributed by atoms with Gasteiger partial charge in [-0.2, -0.15) is 0 Å². The molecule has 1 saturated carbocycles. The molecular weight excluding hydrogens is 249 g/mol. The molecular formula is C9H8Cl2F2O2. The molecule has 0 saturated heterocycles. The van der Waals surface area contributed by atoms with Crippen molar-refractivity contribution in [2.24, 2.45) is 11.8 Å². The van der Waals surface area contributed by atoms with Gasteiger partial charge in [-0.15, -0.1) is 23.2 Å². The van der Waals surface area contributed by atoms with Crippen molar-refractivity contribution in [3.8, 4) is 0 Å². The summed E-state index contributed by atoms with van der Waals surface area (Å²) in [6.07, 6.45) is -0.0325. The van der Waals surface area contributed by atoms with Gasteiger partial charge in [0, 0.05) is 5.92 Å². The largest absolute Gasteiger partial charge is 0.481 e. The average Bonchev–Trinajstić information content (AvgIpc) is 2.65. The van der Waals surface area contributed by atoms with E-state index in [2.05, 4.69) is 6.58 Å². The topological polar surface area (TPSA) is 37.3 Å². The molecule has 0 amide bonds. The van der Waals surface area contributed by atoms with Gasteiger partial charge in [0.15, 0.2) is 0 Å².